The van der Waals surface area contributed by atoms with E-state index in [-0.39, 0.29) is 0 Å². The molecule has 0 aromatic heterocycles. The van der Waals surface area contributed by atoms with Crippen LogP contribution in [0.25, 0.3) is 0 Å². The van der Waals surface area contributed by atoms with Gasteiger partial charge < -0.3 is 5.32 Å². The van der Waals surface area contributed by atoms with Crippen LogP contribution in [0.2, 0.25) is 0 Å². The average molecular weight is 211 g/mol. The first-order valence-electron chi connectivity index (χ1n) is 6.74. The molecule has 0 aromatic rings. The van der Waals surface area contributed by atoms with Gasteiger partial charge in [-0.25, -0.2) is 0 Å². The highest BCUT2D eigenvalue weighted by molar-refractivity contribution is 4.95. The molecule has 1 heteroatoms. The van der Waals surface area contributed by atoms with Gasteiger partial charge in [-0.1, -0.05) is 47.0 Å². The minimum Gasteiger partial charge on any atom is -0.316 e. The van der Waals surface area contributed by atoms with E-state index in [9.17, 15) is 0 Å². The summed E-state index contributed by atoms with van der Waals surface area (Å²) in [4.78, 5) is 0. The van der Waals surface area contributed by atoms with Gasteiger partial charge >= 0.3 is 0 Å². The van der Waals surface area contributed by atoms with E-state index in [0.29, 0.717) is 10.8 Å². The van der Waals surface area contributed by atoms with Crippen LogP contribution in [-0.4, -0.2) is 13.1 Å². The SMILES string of the molecule is CCCCC(C)(C)CC1(CCC)CNC1. The van der Waals surface area contributed by atoms with Crippen LogP contribution in [0.5, 0.6) is 0 Å². The molecule has 0 aliphatic carbocycles. The maximum absolute atomic E-state index is 3.47. The molecule has 1 rings (SSSR count). The smallest absolute Gasteiger partial charge is 0.00204 e. The third-order valence-corrected chi connectivity index (χ3v) is 3.84. The Morgan fingerprint density at radius 2 is 1.80 bits per heavy atom. The van der Waals surface area contributed by atoms with E-state index < -0.39 is 0 Å². The largest absolute Gasteiger partial charge is 0.316 e. The van der Waals surface area contributed by atoms with Crippen molar-refractivity contribution in [2.24, 2.45) is 10.8 Å². The molecule has 0 bridgehead atoms. The van der Waals surface area contributed by atoms with E-state index in [1.165, 1.54) is 51.6 Å². The highest BCUT2D eigenvalue weighted by atomic mass is 15.0. The van der Waals surface area contributed by atoms with E-state index in [1.54, 1.807) is 0 Å². The van der Waals surface area contributed by atoms with Crippen molar-refractivity contribution in [3.8, 4) is 0 Å². The van der Waals surface area contributed by atoms with Gasteiger partial charge in [-0.05, 0) is 30.1 Å². The van der Waals surface area contributed by atoms with Gasteiger partial charge in [0.05, 0.1) is 0 Å². The summed E-state index contributed by atoms with van der Waals surface area (Å²) in [6.45, 7) is 12.0. The number of nitrogens with one attached hydrogen (secondary N) is 1. The molecule has 15 heavy (non-hydrogen) atoms. The van der Waals surface area contributed by atoms with Crippen molar-refractivity contribution in [1.29, 1.82) is 0 Å². The zero-order valence-electron chi connectivity index (χ0n) is 11.2. The van der Waals surface area contributed by atoms with Crippen LogP contribution in [0.1, 0.15) is 66.2 Å². The molecular weight excluding hydrogens is 182 g/mol. The normalized spacial score (nSPS) is 20.0. The summed E-state index contributed by atoms with van der Waals surface area (Å²) in [6.07, 6.45) is 8.29. The Balaban J connectivity index is 2.42. The number of hydrogen-bond acceptors (Lipinski definition) is 1. The van der Waals surface area contributed by atoms with Crippen molar-refractivity contribution in [1.82, 2.24) is 5.32 Å². The van der Waals surface area contributed by atoms with Crippen LogP contribution in [0.3, 0.4) is 0 Å². The third-order valence-electron chi connectivity index (χ3n) is 3.84. The summed E-state index contributed by atoms with van der Waals surface area (Å²) < 4.78 is 0. The summed E-state index contributed by atoms with van der Waals surface area (Å²) in [5.74, 6) is 0. The van der Waals surface area contributed by atoms with Crippen molar-refractivity contribution in [3.05, 3.63) is 0 Å². The van der Waals surface area contributed by atoms with Gasteiger partial charge in [0, 0.05) is 13.1 Å². The van der Waals surface area contributed by atoms with Crippen LogP contribution in [0, 0.1) is 10.8 Å². The van der Waals surface area contributed by atoms with Crippen LogP contribution in [0.4, 0.5) is 0 Å². The molecule has 0 saturated carbocycles. The first-order chi connectivity index (χ1) is 7.04. The molecule has 1 aliphatic rings. The van der Waals surface area contributed by atoms with Gasteiger partial charge in [-0.3, -0.25) is 0 Å². The summed E-state index contributed by atoms with van der Waals surface area (Å²) in [6, 6.07) is 0. The van der Waals surface area contributed by atoms with E-state index in [2.05, 4.69) is 33.0 Å². The molecule has 1 nitrogen and oxygen atoms in total. The maximum atomic E-state index is 3.47. The third kappa shape index (κ3) is 3.79. The maximum Gasteiger partial charge on any atom is 0.00204 e. The molecule has 1 N–H and O–H groups in total. The molecule has 1 fully saturated rings. The lowest BCUT2D eigenvalue weighted by atomic mass is 9.65. The summed E-state index contributed by atoms with van der Waals surface area (Å²) in [5, 5.41) is 3.47. The zero-order chi connectivity index (χ0) is 11.4. The minimum absolute atomic E-state index is 0.549. The molecule has 1 saturated heterocycles. The average Bonchev–Trinajstić information content (AvgIpc) is 2.11. The van der Waals surface area contributed by atoms with Gasteiger partial charge in [-0.2, -0.15) is 0 Å². The van der Waals surface area contributed by atoms with Crippen LogP contribution in [0.15, 0.2) is 0 Å². The van der Waals surface area contributed by atoms with Gasteiger partial charge in [-0.15, -0.1) is 0 Å². The van der Waals surface area contributed by atoms with Crippen LogP contribution in [-0.2, 0) is 0 Å². The van der Waals surface area contributed by atoms with E-state index >= 15 is 0 Å². The molecule has 0 atom stereocenters. The fraction of sp³-hybridized carbons (Fsp3) is 1.00. The lowest BCUT2D eigenvalue weighted by Crippen LogP contribution is -2.55. The summed E-state index contributed by atoms with van der Waals surface area (Å²) in [7, 11) is 0. The highest BCUT2D eigenvalue weighted by Crippen LogP contribution is 2.42. The van der Waals surface area contributed by atoms with Crippen molar-refractivity contribution in [3.63, 3.8) is 0 Å². The van der Waals surface area contributed by atoms with Crippen LogP contribution >= 0.6 is 0 Å². The monoisotopic (exact) mass is 211 g/mol. The number of unbranched alkanes of at least 4 members (excludes halogenated alkanes) is 1. The van der Waals surface area contributed by atoms with Crippen molar-refractivity contribution >= 4 is 0 Å². The molecule has 90 valence electrons. The van der Waals surface area contributed by atoms with Gasteiger partial charge in [0.25, 0.3) is 0 Å². The second-order valence-electron chi connectivity index (χ2n) is 6.30. The van der Waals surface area contributed by atoms with Gasteiger partial charge in [0.2, 0.25) is 0 Å². The van der Waals surface area contributed by atoms with Crippen molar-refractivity contribution in [2.45, 2.75) is 66.2 Å². The van der Waals surface area contributed by atoms with E-state index in [4.69, 9.17) is 0 Å². The Morgan fingerprint density at radius 1 is 1.13 bits per heavy atom. The van der Waals surface area contributed by atoms with Gasteiger partial charge in [0.1, 0.15) is 0 Å². The second kappa shape index (κ2) is 5.34. The highest BCUT2D eigenvalue weighted by Gasteiger charge is 2.40. The first-order valence-corrected chi connectivity index (χ1v) is 6.74. The lowest BCUT2D eigenvalue weighted by Gasteiger charge is -2.47. The number of hydrogen-bond donors (Lipinski definition) is 1. The Kier molecular flexibility index (Phi) is 4.64. The summed E-state index contributed by atoms with van der Waals surface area (Å²) in [5.41, 5.74) is 1.19. The standard InChI is InChI=1S/C14H29N/c1-5-7-9-13(3,4)10-14(8-6-2)11-15-12-14/h15H,5-12H2,1-4H3. The molecule has 1 heterocycles. The first kappa shape index (κ1) is 13.0. The second-order valence-corrected chi connectivity index (χ2v) is 6.30. The predicted octanol–water partition coefficient (Wildman–Crippen LogP) is 3.98. The van der Waals surface area contributed by atoms with Crippen LogP contribution < -0.4 is 5.32 Å². The molecule has 0 amide bonds. The fourth-order valence-electron chi connectivity index (χ4n) is 3.16. The number of rotatable bonds is 7. The Hall–Kier alpha value is -0.0400. The molecule has 1 aliphatic heterocycles. The summed E-state index contributed by atoms with van der Waals surface area (Å²) >= 11 is 0. The Labute approximate surface area is 96.0 Å². The Morgan fingerprint density at radius 3 is 2.20 bits per heavy atom. The van der Waals surface area contributed by atoms with Crippen molar-refractivity contribution < 1.29 is 0 Å². The lowest BCUT2D eigenvalue weighted by molar-refractivity contribution is 0.0726. The quantitative estimate of drug-likeness (QED) is 0.671. The predicted molar refractivity (Wildman–Crippen MR) is 68.1 cm³/mol. The fourth-order valence-corrected chi connectivity index (χ4v) is 3.16. The van der Waals surface area contributed by atoms with E-state index in [1.807, 2.05) is 0 Å². The minimum atomic E-state index is 0.549. The molecule has 0 aromatic carbocycles. The van der Waals surface area contributed by atoms with E-state index in [0.717, 1.165) is 0 Å². The Bertz CT molecular complexity index is 180. The molecular formula is C14H29N. The molecule has 0 unspecified atom stereocenters. The molecule has 0 spiro atoms. The zero-order valence-corrected chi connectivity index (χ0v) is 11.2. The topological polar surface area (TPSA) is 12.0 Å². The molecule has 0 radical (unpaired) electrons. The van der Waals surface area contributed by atoms with Gasteiger partial charge in [0.15, 0.2) is 0 Å². The van der Waals surface area contributed by atoms with Crippen molar-refractivity contribution in [2.75, 3.05) is 13.1 Å².